The van der Waals surface area contributed by atoms with Gasteiger partial charge in [-0.25, -0.2) is 8.42 Å². The zero-order chi connectivity index (χ0) is 14.8. The van der Waals surface area contributed by atoms with Crippen LogP contribution in [0.3, 0.4) is 0 Å². The molecule has 1 saturated carbocycles. The molecule has 1 aromatic rings. The molecule has 0 bridgehead atoms. The van der Waals surface area contributed by atoms with Gasteiger partial charge in [0, 0.05) is 25.3 Å². The van der Waals surface area contributed by atoms with E-state index in [1.165, 1.54) is 12.1 Å². The second-order valence-electron chi connectivity index (χ2n) is 5.01. The summed E-state index contributed by atoms with van der Waals surface area (Å²) in [5.74, 6) is 0.307. The molecule has 4 N–H and O–H groups in total. The van der Waals surface area contributed by atoms with Crippen molar-refractivity contribution in [2.24, 2.45) is 5.92 Å². The van der Waals surface area contributed by atoms with Crippen LogP contribution in [0.2, 0.25) is 0 Å². The van der Waals surface area contributed by atoms with Crippen molar-refractivity contribution in [1.29, 1.82) is 0 Å². The largest absolute Gasteiger partial charge is 0.397 e. The van der Waals surface area contributed by atoms with Crippen LogP contribution in [0.25, 0.3) is 0 Å². The van der Waals surface area contributed by atoms with Crippen molar-refractivity contribution in [2.45, 2.75) is 17.7 Å². The van der Waals surface area contributed by atoms with Gasteiger partial charge in [-0.1, -0.05) is 0 Å². The van der Waals surface area contributed by atoms with E-state index in [0.717, 1.165) is 19.1 Å². The summed E-state index contributed by atoms with van der Waals surface area (Å²) in [7, 11) is -3.25. The lowest BCUT2D eigenvalue weighted by atomic mass is 10.2. The van der Waals surface area contributed by atoms with Crippen LogP contribution in [0.5, 0.6) is 0 Å². The van der Waals surface area contributed by atoms with E-state index in [1.807, 2.05) is 0 Å². The van der Waals surface area contributed by atoms with E-state index < -0.39 is 9.84 Å². The number of nitrogens with two attached hydrogens (primary N) is 1. The molecule has 1 fully saturated rings. The van der Waals surface area contributed by atoms with Crippen molar-refractivity contribution in [3.8, 4) is 0 Å². The number of hydrogen-bond donors (Lipinski definition) is 3. The van der Waals surface area contributed by atoms with Gasteiger partial charge in [0.2, 0.25) is 5.91 Å². The van der Waals surface area contributed by atoms with E-state index in [9.17, 15) is 13.2 Å². The number of nitrogen functional groups attached to an aromatic ring is 1. The number of anilines is 2. The summed E-state index contributed by atoms with van der Waals surface area (Å²) in [4.78, 5) is 11.6. The number of hydrogen-bond acceptors (Lipinski definition) is 5. The van der Waals surface area contributed by atoms with Crippen molar-refractivity contribution in [1.82, 2.24) is 5.32 Å². The van der Waals surface area contributed by atoms with Crippen LogP contribution < -0.4 is 16.4 Å². The molecular formula is C13H19N3O3S. The fourth-order valence-electron chi connectivity index (χ4n) is 1.81. The van der Waals surface area contributed by atoms with Crippen LogP contribution in [0.4, 0.5) is 11.4 Å². The second-order valence-corrected chi connectivity index (χ2v) is 7.03. The molecule has 2 rings (SSSR count). The zero-order valence-corrected chi connectivity index (χ0v) is 12.2. The third-order valence-electron chi connectivity index (χ3n) is 3.14. The topological polar surface area (TPSA) is 101 Å². The molecule has 1 aromatic carbocycles. The summed E-state index contributed by atoms with van der Waals surface area (Å²) in [5.41, 5.74) is 6.85. The maximum Gasteiger partial charge on any atom is 0.223 e. The van der Waals surface area contributed by atoms with Gasteiger partial charge in [-0.3, -0.25) is 4.79 Å². The lowest BCUT2D eigenvalue weighted by molar-refractivity contribution is -0.122. The minimum absolute atomic E-state index is 0.104. The van der Waals surface area contributed by atoms with Crippen LogP contribution in [0.15, 0.2) is 23.1 Å². The quantitative estimate of drug-likeness (QED) is 0.527. The van der Waals surface area contributed by atoms with Crippen LogP contribution in [0.1, 0.15) is 12.8 Å². The molecule has 0 unspecified atom stereocenters. The molecule has 0 radical (unpaired) electrons. The van der Waals surface area contributed by atoms with E-state index in [2.05, 4.69) is 10.6 Å². The van der Waals surface area contributed by atoms with Crippen molar-refractivity contribution in [3.05, 3.63) is 18.2 Å². The molecule has 0 saturated heterocycles. The Kier molecular flexibility index (Phi) is 4.17. The molecule has 0 aromatic heterocycles. The van der Waals surface area contributed by atoms with E-state index in [4.69, 9.17) is 5.73 Å². The monoisotopic (exact) mass is 297 g/mol. The second kappa shape index (κ2) is 5.70. The Hall–Kier alpha value is -1.76. The SMILES string of the molecule is CS(=O)(=O)c1ccc(NCCNC(=O)C2CC2)c(N)c1. The maximum absolute atomic E-state index is 11.4. The van der Waals surface area contributed by atoms with Gasteiger partial charge in [0.05, 0.1) is 16.3 Å². The van der Waals surface area contributed by atoms with Gasteiger partial charge < -0.3 is 16.4 Å². The molecule has 0 heterocycles. The van der Waals surface area contributed by atoms with Gasteiger partial charge in [0.15, 0.2) is 9.84 Å². The molecule has 1 amide bonds. The highest BCUT2D eigenvalue weighted by molar-refractivity contribution is 7.90. The third-order valence-corrected chi connectivity index (χ3v) is 4.25. The van der Waals surface area contributed by atoms with E-state index in [0.29, 0.717) is 24.5 Å². The lowest BCUT2D eigenvalue weighted by Crippen LogP contribution is -2.29. The van der Waals surface area contributed by atoms with Crippen molar-refractivity contribution < 1.29 is 13.2 Å². The maximum atomic E-state index is 11.4. The van der Waals surface area contributed by atoms with E-state index in [-0.39, 0.29) is 16.7 Å². The minimum Gasteiger partial charge on any atom is -0.397 e. The molecule has 7 heteroatoms. The van der Waals surface area contributed by atoms with Crippen molar-refractivity contribution in [2.75, 3.05) is 30.4 Å². The van der Waals surface area contributed by atoms with Crippen molar-refractivity contribution >= 4 is 27.1 Å². The van der Waals surface area contributed by atoms with E-state index in [1.54, 1.807) is 6.07 Å². The molecule has 0 aliphatic heterocycles. The van der Waals surface area contributed by atoms with Gasteiger partial charge in [-0.15, -0.1) is 0 Å². The Balaban J connectivity index is 1.85. The number of amides is 1. The lowest BCUT2D eigenvalue weighted by Gasteiger charge is -2.11. The summed E-state index contributed by atoms with van der Waals surface area (Å²) in [6.45, 7) is 1.06. The summed E-state index contributed by atoms with van der Waals surface area (Å²) >= 11 is 0. The highest BCUT2D eigenvalue weighted by Gasteiger charge is 2.28. The summed E-state index contributed by atoms with van der Waals surface area (Å²) < 4.78 is 22.8. The first kappa shape index (κ1) is 14.6. The average molecular weight is 297 g/mol. The van der Waals surface area contributed by atoms with Gasteiger partial charge in [-0.2, -0.15) is 0 Å². The number of carbonyl (C=O) groups excluding carboxylic acids is 1. The highest BCUT2D eigenvalue weighted by Crippen LogP contribution is 2.28. The van der Waals surface area contributed by atoms with Gasteiger partial charge >= 0.3 is 0 Å². The average Bonchev–Trinajstić information content (AvgIpc) is 3.18. The molecule has 0 spiro atoms. The molecule has 1 aliphatic carbocycles. The van der Waals surface area contributed by atoms with E-state index >= 15 is 0 Å². The zero-order valence-electron chi connectivity index (χ0n) is 11.3. The third kappa shape index (κ3) is 3.86. The summed E-state index contributed by atoms with van der Waals surface area (Å²) in [6.07, 6.45) is 3.11. The minimum atomic E-state index is -3.25. The van der Waals surface area contributed by atoms with Gasteiger partial charge in [0.1, 0.15) is 0 Å². The smallest absolute Gasteiger partial charge is 0.223 e. The number of benzene rings is 1. The Labute approximate surface area is 118 Å². The molecule has 20 heavy (non-hydrogen) atoms. The summed E-state index contributed by atoms with van der Waals surface area (Å²) in [6, 6.07) is 4.58. The predicted octanol–water partition coefficient (Wildman–Crippen LogP) is 0.610. The van der Waals surface area contributed by atoms with Crippen LogP contribution in [0, 0.1) is 5.92 Å². The fourth-order valence-corrected chi connectivity index (χ4v) is 2.46. The fraction of sp³-hybridized carbons (Fsp3) is 0.462. The molecular weight excluding hydrogens is 278 g/mol. The standard InChI is InChI=1S/C13H19N3O3S/c1-20(18,19)10-4-5-12(11(14)8-10)15-6-7-16-13(17)9-2-3-9/h4-5,8-9,15H,2-3,6-7,14H2,1H3,(H,16,17). The Morgan fingerprint density at radius 3 is 2.60 bits per heavy atom. The van der Waals surface area contributed by atoms with Crippen LogP contribution >= 0.6 is 0 Å². The Morgan fingerprint density at radius 1 is 1.35 bits per heavy atom. The molecule has 110 valence electrons. The molecule has 1 aliphatic rings. The number of sulfone groups is 1. The molecule has 0 atom stereocenters. The highest BCUT2D eigenvalue weighted by atomic mass is 32.2. The normalized spacial score (nSPS) is 14.8. The van der Waals surface area contributed by atoms with Gasteiger partial charge in [0.25, 0.3) is 0 Å². The van der Waals surface area contributed by atoms with Gasteiger partial charge in [-0.05, 0) is 31.0 Å². The number of carbonyl (C=O) groups is 1. The number of rotatable bonds is 6. The number of nitrogens with one attached hydrogen (secondary N) is 2. The predicted molar refractivity (Wildman–Crippen MR) is 78.2 cm³/mol. The Morgan fingerprint density at radius 2 is 2.05 bits per heavy atom. The molecule has 6 nitrogen and oxygen atoms in total. The van der Waals surface area contributed by atoms with Crippen LogP contribution in [-0.4, -0.2) is 33.7 Å². The first-order valence-electron chi connectivity index (χ1n) is 6.49. The Bertz CT molecular complexity index is 609. The van der Waals surface area contributed by atoms with Crippen LogP contribution in [-0.2, 0) is 14.6 Å². The first-order chi connectivity index (χ1) is 9.38. The first-order valence-corrected chi connectivity index (χ1v) is 8.38. The van der Waals surface area contributed by atoms with Crippen molar-refractivity contribution in [3.63, 3.8) is 0 Å². The summed E-state index contributed by atoms with van der Waals surface area (Å²) in [5, 5.41) is 5.90.